The molecule has 10 atom stereocenters. The molecule has 5 saturated carbocycles. The number of ether oxygens (including phenoxy) is 1. The highest BCUT2D eigenvalue weighted by atomic mass is 16.5. The van der Waals surface area contributed by atoms with Gasteiger partial charge in [-0.25, -0.2) is 0 Å². The number of likely N-dealkylation sites (N-methyl/N-ethyl adjacent to an activating group) is 1. The predicted molar refractivity (Wildman–Crippen MR) is 202 cm³/mol. The second kappa shape index (κ2) is 13.6. The number of carbonyl (C=O) groups excluding carboxylic acids is 3. The summed E-state index contributed by atoms with van der Waals surface area (Å²) in [6, 6.07) is 7.51. The number of nitrogens with one attached hydrogen (secondary N) is 1. The molecule has 0 bridgehead atoms. The van der Waals surface area contributed by atoms with Crippen LogP contribution in [0.2, 0.25) is 0 Å². The number of benzene rings is 1. The van der Waals surface area contributed by atoms with Crippen LogP contribution in [0, 0.1) is 56.7 Å². The fraction of sp³-hybridized carbons (Fsp3) is 0.750. The summed E-state index contributed by atoms with van der Waals surface area (Å²) in [4.78, 5) is 40.9. The third kappa shape index (κ3) is 6.00. The fourth-order valence-corrected chi connectivity index (χ4v) is 13.6. The van der Waals surface area contributed by atoms with Crippen LogP contribution in [-0.2, 0) is 20.7 Å². The van der Waals surface area contributed by atoms with E-state index >= 15 is 0 Å². The first-order chi connectivity index (χ1) is 24.0. The Bertz CT molecular complexity index is 1540. The van der Waals surface area contributed by atoms with Crippen molar-refractivity contribution in [3.8, 4) is 0 Å². The first-order valence-corrected chi connectivity index (χ1v) is 20.1. The molecule has 0 spiro atoms. The third-order valence-electron chi connectivity index (χ3n) is 16.4. The molecular weight excluding hydrogens is 636 g/mol. The minimum atomic E-state index is -0.425. The summed E-state index contributed by atoms with van der Waals surface area (Å²) in [6.45, 7) is 21.6. The molecular formula is C44H66N2O5. The molecule has 0 aromatic heterocycles. The van der Waals surface area contributed by atoms with E-state index in [1.807, 2.05) is 18.2 Å². The molecule has 2 amide bonds. The molecule has 0 aliphatic heterocycles. The highest BCUT2D eigenvalue weighted by Crippen LogP contribution is 2.77. The van der Waals surface area contributed by atoms with E-state index in [-0.39, 0.29) is 58.1 Å². The monoisotopic (exact) mass is 702 g/mol. The number of aliphatic hydroxyl groups is 1. The summed E-state index contributed by atoms with van der Waals surface area (Å²) in [5, 5.41) is 14.5. The Morgan fingerprint density at radius 3 is 2.39 bits per heavy atom. The van der Waals surface area contributed by atoms with E-state index in [2.05, 4.69) is 53.4 Å². The minimum Gasteiger partial charge on any atom is -0.465 e. The number of amides is 2. The largest absolute Gasteiger partial charge is 0.465 e. The first kappa shape index (κ1) is 38.1. The highest BCUT2D eigenvalue weighted by Gasteiger charge is 2.71. The smallest absolute Gasteiger partial charge is 0.325 e. The van der Waals surface area contributed by atoms with E-state index in [4.69, 9.17) is 4.74 Å². The van der Waals surface area contributed by atoms with Crippen molar-refractivity contribution in [1.29, 1.82) is 0 Å². The topological polar surface area (TPSA) is 95.9 Å². The SMILES string of the molecule is C=C(C)[C@@H]1CC[C@]2(C(=O)NCCc3cccc(C(=O)N(C)CC(=O)OCC)c3)CC[C@]3(C)C(CCC4[C@@]5(C)CC[C@H](O)C(C)(C)C5CC[C@]43C)C12. The van der Waals surface area contributed by atoms with Crippen LogP contribution in [-0.4, -0.2) is 60.6 Å². The van der Waals surface area contributed by atoms with Crippen LogP contribution in [0.1, 0.15) is 129 Å². The second-order valence-electron chi connectivity index (χ2n) is 18.9. The fourth-order valence-electron chi connectivity index (χ4n) is 13.6. The van der Waals surface area contributed by atoms with Crippen LogP contribution >= 0.6 is 0 Å². The number of nitrogens with zero attached hydrogens (tertiary/aromatic N) is 1. The van der Waals surface area contributed by atoms with Crippen LogP contribution < -0.4 is 5.32 Å². The summed E-state index contributed by atoms with van der Waals surface area (Å²) < 4.78 is 5.01. The van der Waals surface area contributed by atoms with Crippen molar-refractivity contribution in [3.63, 3.8) is 0 Å². The Morgan fingerprint density at radius 2 is 1.69 bits per heavy atom. The molecule has 4 unspecified atom stereocenters. The zero-order valence-electron chi connectivity index (χ0n) is 32.9. The number of fused-ring (bicyclic) bond motifs is 7. The van der Waals surface area contributed by atoms with Gasteiger partial charge in [-0.2, -0.15) is 0 Å². The van der Waals surface area contributed by atoms with Gasteiger partial charge in [-0.05, 0) is 153 Å². The Kier molecular flexibility index (Phi) is 10.2. The van der Waals surface area contributed by atoms with Crippen molar-refractivity contribution < 1.29 is 24.2 Å². The molecule has 5 fully saturated rings. The lowest BCUT2D eigenvalue weighted by Crippen LogP contribution is -2.67. The maximum Gasteiger partial charge on any atom is 0.325 e. The molecule has 1 aromatic carbocycles. The summed E-state index contributed by atoms with van der Waals surface area (Å²) >= 11 is 0. The molecule has 1 aromatic rings. The lowest BCUT2D eigenvalue weighted by Gasteiger charge is -2.72. The van der Waals surface area contributed by atoms with Crippen molar-refractivity contribution >= 4 is 17.8 Å². The van der Waals surface area contributed by atoms with Gasteiger partial charge in [-0.15, -0.1) is 0 Å². The van der Waals surface area contributed by atoms with Gasteiger partial charge in [0.15, 0.2) is 0 Å². The van der Waals surface area contributed by atoms with Crippen LogP contribution in [0.3, 0.4) is 0 Å². The summed E-state index contributed by atoms with van der Waals surface area (Å²) in [7, 11) is 1.61. The van der Waals surface area contributed by atoms with Crippen molar-refractivity contribution in [3.05, 3.63) is 47.5 Å². The van der Waals surface area contributed by atoms with Gasteiger partial charge in [0.25, 0.3) is 5.91 Å². The summed E-state index contributed by atoms with van der Waals surface area (Å²) in [5.74, 6) is 1.89. The number of aliphatic hydroxyl groups excluding tert-OH is 1. The van der Waals surface area contributed by atoms with Gasteiger partial charge in [0.1, 0.15) is 6.54 Å². The zero-order valence-corrected chi connectivity index (χ0v) is 32.9. The van der Waals surface area contributed by atoms with Gasteiger partial charge in [-0.1, -0.05) is 58.9 Å². The molecule has 7 nitrogen and oxygen atoms in total. The predicted octanol–water partition coefficient (Wildman–Crippen LogP) is 8.00. The van der Waals surface area contributed by atoms with E-state index in [1.165, 1.54) is 36.2 Å². The Balaban J connectivity index is 1.19. The van der Waals surface area contributed by atoms with Crippen molar-refractivity contribution in [2.24, 2.45) is 56.7 Å². The Hall–Kier alpha value is -2.67. The maximum atomic E-state index is 14.6. The average Bonchev–Trinajstić information content (AvgIpc) is 3.48. The van der Waals surface area contributed by atoms with Gasteiger partial charge in [0.05, 0.1) is 18.1 Å². The standard InChI is InChI=1S/C44H66N2O5/c1-10-51-36(48)27-46(9)38(49)30-13-11-12-29(26-30)19-25-45-39(50)44-22-16-31(28(2)3)37(44)32-14-15-34-41(6)20-18-35(47)40(4,5)33(41)17-21-43(34,8)42(32,7)23-24-44/h11-13,26,31-35,37,47H,2,10,14-25,27H2,1,3-9H3,(H,45,50)/t31-,32?,33?,34?,35-,37?,41-,42+,43+,44-/m0/s1. The van der Waals surface area contributed by atoms with Crippen LogP contribution in [0.25, 0.3) is 0 Å². The van der Waals surface area contributed by atoms with Crippen LogP contribution in [0.15, 0.2) is 36.4 Å². The van der Waals surface area contributed by atoms with Gasteiger partial charge in [-0.3, -0.25) is 14.4 Å². The van der Waals surface area contributed by atoms with E-state index in [0.717, 1.165) is 44.1 Å². The van der Waals surface area contributed by atoms with Crippen molar-refractivity contribution in [1.82, 2.24) is 10.2 Å². The lowest BCUT2D eigenvalue weighted by molar-refractivity contribution is -0.246. The lowest BCUT2D eigenvalue weighted by atomic mass is 9.32. The highest BCUT2D eigenvalue weighted by molar-refractivity contribution is 5.96. The molecule has 5 aliphatic rings. The zero-order chi connectivity index (χ0) is 37.1. The number of allylic oxidation sites excluding steroid dienone is 1. The van der Waals surface area contributed by atoms with E-state index in [1.54, 1.807) is 20.0 Å². The molecule has 282 valence electrons. The third-order valence-corrected chi connectivity index (χ3v) is 16.4. The molecule has 0 heterocycles. The summed E-state index contributed by atoms with van der Waals surface area (Å²) in [5.41, 5.74) is 2.91. The second-order valence-corrected chi connectivity index (χ2v) is 18.9. The maximum absolute atomic E-state index is 14.6. The minimum absolute atomic E-state index is 0.0559. The molecule has 0 radical (unpaired) electrons. The van der Waals surface area contributed by atoms with Gasteiger partial charge in [0.2, 0.25) is 5.91 Å². The number of rotatable bonds is 9. The number of carbonyl (C=O) groups is 3. The van der Waals surface area contributed by atoms with Crippen molar-refractivity contribution in [2.45, 2.75) is 125 Å². The number of hydrogen-bond acceptors (Lipinski definition) is 5. The van der Waals surface area contributed by atoms with E-state index in [9.17, 15) is 19.5 Å². The molecule has 7 heteroatoms. The number of esters is 1. The average molecular weight is 703 g/mol. The first-order valence-electron chi connectivity index (χ1n) is 20.1. The number of hydrogen-bond donors (Lipinski definition) is 2. The normalized spacial score (nSPS) is 39.4. The Labute approximate surface area is 307 Å². The van der Waals surface area contributed by atoms with Gasteiger partial charge < -0.3 is 20.1 Å². The molecule has 0 saturated heterocycles. The van der Waals surface area contributed by atoms with E-state index in [0.29, 0.717) is 48.1 Å². The van der Waals surface area contributed by atoms with Gasteiger partial charge in [0, 0.05) is 19.2 Å². The van der Waals surface area contributed by atoms with E-state index < -0.39 is 5.97 Å². The van der Waals surface area contributed by atoms with Gasteiger partial charge >= 0.3 is 5.97 Å². The molecule has 2 N–H and O–H groups in total. The Morgan fingerprint density at radius 1 is 0.941 bits per heavy atom. The van der Waals surface area contributed by atoms with Crippen LogP contribution in [0.5, 0.6) is 0 Å². The molecule has 5 aliphatic carbocycles. The van der Waals surface area contributed by atoms with Crippen LogP contribution in [0.4, 0.5) is 0 Å². The quantitative estimate of drug-likeness (QED) is 0.201. The molecule has 51 heavy (non-hydrogen) atoms. The van der Waals surface area contributed by atoms with Crippen molar-refractivity contribution in [2.75, 3.05) is 26.7 Å². The summed E-state index contributed by atoms with van der Waals surface area (Å²) in [6.07, 6.45) is 11.2. The molecule has 6 rings (SSSR count).